The highest BCUT2D eigenvalue weighted by molar-refractivity contribution is 5.17. The summed E-state index contributed by atoms with van der Waals surface area (Å²) in [4.78, 5) is 0. The molecule has 90 valence electrons. The molecule has 0 amide bonds. The Kier molecular flexibility index (Phi) is 3.51. The van der Waals surface area contributed by atoms with Crippen LogP contribution in [0, 0.1) is 17.2 Å². The maximum atomic E-state index is 9.46. The first-order valence-electron chi connectivity index (χ1n) is 6.50. The summed E-state index contributed by atoms with van der Waals surface area (Å²) in [6, 6.07) is 3.06. The Hall–Kier alpha value is -0.590. The summed E-state index contributed by atoms with van der Waals surface area (Å²) in [7, 11) is 0. The van der Waals surface area contributed by atoms with E-state index in [4.69, 9.17) is 4.74 Å². The van der Waals surface area contributed by atoms with Crippen LogP contribution >= 0.6 is 0 Å². The Balaban J connectivity index is 1.92. The molecule has 2 aliphatic rings. The van der Waals surface area contributed by atoms with E-state index >= 15 is 0 Å². The van der Waals surface area contributed by atoms with Crippen molar-refractivity contribution in [2.75, 3.05) is 6.61 Å². The average Bonchev–Trinajstić information content (AvgIpc) is 3.15. The molecule has 3 nitrogen and oxygen atoms in total. The minimum Gasteiger partial charge on any atom is -0.375 e. The fraction of sp³-hybridized carbons (Fsp3) is 0.923. The van der Waals surface area contributed by atoms with Gasteiger partial charge in [-0.1, -0.05) is 6.92 Å². The number of hydrogen-bond donors (Lipinski definition) is 1. The lowest BCUT2D eigenvalue weighted by Crippen LogP contribution is -2.51. The normalized spacial score (nSPS) is 25.8. The molecule has 0 aliphatic heterocycles. The second-order valence-corrected chi connectivity index (χ2v) is 5.31. The molecule has 2 saturated carbocycles. The van der Waals surface area contributed by atoms with Gasteiger partial charge >= 0.3 is 0 Å². The molecule has 2 rings (SSSR count). The zero-order chi connectivity index (χ0) is 11.6. The number of ether oxygens (including phenoxy) is 1. The van der Waals surface area contributed by atoms with Gasteiger partial charge in [0.05, 0.1) is 18.8 Å². The summed E-state index contributed by atoms with van der Waals surface area (Å²) in [5, 5.41) is 13.0. The van der Waals surface area contributed by atoms with Gasteiger partial charge in [0.15, 0.2) is 0 Å². The van der Waals surface area contributed by atoms with Crippen molar-refractivity contribution in [3.63, 3.8) is 0 Å². The monoisotopic (exact) mass is 222 g/mol. The van der Waals surface area contributed by atoms with Crippen molar-refractivity contribution in [1.82, 2.24) is 5.32 Å². The Morgan fingerprint density at radius 3 is 2.56 bits per heavy atom. The fourth-order valence-electron chi connectivity index (χ4n) is 1.99. The molecule has 0 bridgehead atoms. The van der Waals surface area contributed by atoms with Crippen LogP contribution in [0.15, 0.2) is 0 Å². The maximum Gasteiger partial charge on any atom is 0.133 e. The van der Waals surface area contributed by atoms with Crippen LogP contribution in [-0.4, -0.2) is 24.3 Å². The standard InChI is InChI=1S/C13H22N2O/c1-3-10(2)16-9-13(8-14,11-4-5-11)15-12-6-7-12/h10-12,15H,3-7,9H2,1-2H3. The van der Waals surface area contributed by atoms with E-state index in [1.807, 2.05) is 0 Å². The Morgan fingerprint density at radius 2 is 2.12 bits per heavy atom. The zero-order valence-electron chi connectivity index (χ0n) is 10.3. The third-order valence-corrected chi connectivity index (χ3v) is 3.68. The number of rotatable bonds is 7. The number of hydrogen-bond acceptors (Lipinski definition) is 3. The Labute approximate surface area is 98.2 Å². The molecule has 2 atom stereocenters. The van der Waals surface area contributed by atoms with Crippen molar-refractivity contribution in [3.8, 4) is 6.07 Å². The topological polar surface area (TPSA) is 45.0 Å². The molecule has 0 aromatic carbocycles. The van der Waals surface area contributed by atoms with Gasteiger partial charge in [-0.05, 0) is 44.9 Å². The van der Waals surface area contributed by atoms with E-state index in [0.717, 1.165) is 6.42 Å². The van der Waals surface area contributed by atoms with Crippen molar-refractivity contribution in [2.45, 2.75) is 63.6 Å². The highest BCUT2D eigenvalue weighted by atomic mass is 16.5. The van der Waals surface area contributed by atoms with E-state index < -0.39 is 5.54 Å². The van der Waals surface area contributed by atoms with E-state index in [1.165, 1.54) is 25.7 Å². The molecule has 0 spiro atoms. The Bertz CT molecular complexity index is 278. The van der Waals surface area contributed by atoms with Gasteiger partial charge in [-0.2, -0.15) is 5.26 Å². The fourth-order valence-corrected chi connectivity index (χ4v) is 1.99. The molecule has 2 fully saturated rings. The van der Waals surface area contributed by atoms with E-state index in [2.05, 4.69) is 25.2 Å². The smallest absolute Gasteiger partial charge is 0.133 e. The summed E-state index contributed by atoms with van der Waals surface area (Å²) in [6.45, 7) is 4.75. The summed E-state index contributed by atoms with van der Waals surface area (Å²) in [6.07, 6.45) is 6.07. The first kappa shape index (κ1) is 11.9. The lowest BCUT2D eigenvalue weighted by molar-refractivity contribution is 0.0254. The highest BCUT2D eigenvalue weighted by Crippen LogP contribution is 2.41. The van der Waals surface area contributed by atoms with Crippen LogP contribution in [-0.2, 0) is 4.74 Å². The lowest BCUT2D eigenvalue weighted by atomic mass is 9.96. The van der Waals surface area contributed by atoms with Gasteiger partial charge < -0.3 is 4.74 Å². The summed E-state index contributed by atoms with van der Waals surface area (Å²) >= 11 is 0. The lowest BCUT2D eigenvalue weighted by Gasteiger charge is -2.29. The largest absolute Gasteiger partial charge is 0.375 e. The molecular weight excluding hydrogens is 200 g/mol. The molecule has 3 heteroatoms. The van der Waals surface area contributed by atoms with Crippen molar-refractivity contribution in [2.24, 2.45) is 5.92 Å². The van der Waals surface area contributed by atoms with Crippen molar-refractivity contribution in [3.05, 3.63) is 0 Å². The number of nitrogens with one attached hydrogen (secondary N) is 1. The molecule has 2 unspecified atom stereocenters. The second-order valence-electron chi connectivity index (χ2n) is 5.31. The van der Waals surface area contributed by atoms with Crippen LogP contribution in [0.4, 0.5) is 0 Å². The van der Waals surface area contributed by atoms with Crippen LogP contribution in [0.5, 0.6) is 0 Å². The van der Waals surface area contributed by atoms with Gasteiger partial charge in [0.1, 0.15) is 5.54 Å². The SMILES string of the molecule is CCC(C)OCC(C#N)(NC1CC1)C1CC1. The van der Waals surface area contributed by atoms with Gasteiger partial charge in [0.2, 0.25) is 0 Å². The Morgan fingerprint density at radius 1 is 1.44 bits per heavy atom. The van der Waals surface area contributed by atoms with Crippen LogP contribution < -0.4 is 5.32 Å². The van der Waals surface area contributed by atoms with Crippen molar-refractivity contribution in [1.29, 1.82) is 5.26 Å². The van der Waals surface area contributed by atoms with E-state index in [0.29, 0.717) is 18.6 Å². The maximum absolute atomic E-state index is 9.46. The van der Waals surface area contributed by atoms with Gasteiger partial charge in [-0.15, -0.1) is 0 Å². The predicted octanol–water partition coefficient (Wildman–Crippen LogP) is 2.23. The van der Waals surface area contributed by atoms with Crippen LogP contribution in [0.1, 0.15) is 46.0 Å². The number of nitriles is 1. The third kappa shape index (κ3) is 2.75. The van der Waals surface area contributed by atoms with E-state index in [-0.39, 0.29) is 6.10 Å². The zero-order valence-corrected chi connectivity index (χ0v) is 10.3. The first-order valence-corrected chi connectivity index (χ1v) is 6.50. The molecule has 16 heavy (non-hydrogen) atoms. The molecule has 0 aromatic heterocycles. The average molecular weight is 222 g/mol. The van der Waals surface area contributed by atoms with Crippen LogP contribution in [0.25, 0.3) is 0 Å². The molecule has 1 N–H and O–H groups in total. The molecule has 0 aromatic rings. The highest BCUT2D eigenvalue weighted by Gasteiger charge is 2.48. The minimum absolute atomic E-state index is 0.257. The van der Waals surface area contributed by atoms with E-state index in [1.54, 1.807) is 0 Å². The van der Waals surface area contributed by atoms with Gasteiger partial charge in [-0.3, -0.25) is 5.32 Å². The quantitative estimate of drug-likeness (QED) is 0.718. The summed E-state index contributed by atoms with van der Waals surface area (Å²) < 4.78 is 5.79. The van der Waals surface area contributed by atoms with Crippen molar-refractivity contribution >= 4 is 0 Å². The minimum atomic E-state index is -0.398. The predicted molar refractivity (Wildman–Crippen MR) is 62.9 cm³/mol. The van der Waals surface area contributed by atoms with Crippen LogP contribution in [0.2, 0.25) is 0 Å². The summed E-state index contributed by atoms with van der Waals surface area (Å²) in [5.74, 6) is 0.516. The molecule has 0 saturated heterocycles. The third-order valence-electron chi connectivity index (χ3n) is 3.68. The van der Waals surface area contributed by atoms with Gasteiger partial charge in [0.25, 0.3) is 0 Å². The van der Waals surface area contributed by atoms with Crippen molar-refractivity contribution < 1.29 is 4.74 Å². The van der Waals surface area contributed by atoms with E-state index in [9.17, 15) is 5.26 Å². The summed E-state index contributed by atoms with van der Waals surface area (Å²) in [5.41, 5.74) is -0.398. The number of nitrogens with zero attached hydrogens (tertiary/aromatic N) is 1. The molecular formula is C13H22N2O. The first-order chi connectivity index (χ1) is 7.70. The van der Waals surface area contributed by atoms with Crippen LogP contribution in [0.3, 0.4) is 0 Å². The second kappa shape index (κ2) is 4.73. The molecule has 0 radical (unpaired) electrons. The van der Waals surface area contributed by atoms with Gasteiger partial charge in [-0.25, -0.2) is 0 Å². The van der Waals surface area contributed by atoms with Gasteiger partial charge in [0, 0.05) is 6.04 Å². The molecule has 2 aliphatic carbocycles. The molecule has 0 heterocycles.